The number of hydrogen-bond acceptors (Lipinski definition) is 5. The van der Waals surface area contributed by atoms with Gasteiger partial charge in [-0.25, -0.2) is 4.98 Å². The average Bonchev–Trinajstić information content (AvgIpc) is 2.78. The van der Waals surface area contributed by atoms with Crippen molar-refractivity contribution in [3.63, 3.8) is 0 Å². The second-order valence-electron chi connectivity index (χ2n) is 6.70. The number of pyridine rings is 1. The first kappa shape index (κ1) is 18.6. The van der Waals surface area contributed by atoms with Gasteiger partial charge in [-0.3, -0.25) is 9.78 Å². The quantitative estimate of drug-likeness (QED) is 0.521. The smallest absolute Gasteiger partial charge is 0.253 e. The van der Waals surface area contributed by atoms with Crippen molar-refractivity contribution in [3.8, 4) is 17.3 Å². The van der Waals surface area contributed by atoms with Gasteiger partial charge in [0.25, 0.3) is 5.91 Å². The van der Waals surface area contributed by atoms with Gasteiger partial charge in [-0.15, -0.1) is 0 Å². The average molecular weight is 384 g/mol. The molecule has 0 aliphatic rings. The highest BCUT2D eigenvalue weighted by atomic mass is 16.5. The van der Waals surface area contributed by atoms with Gasteiger partial charge < -0.3 is 9.64 Å². The predicted molar refractivity (Wildman–Crippen MR) is 112 cm³/mol. The molecule has 0 N–H and O–H groups in total. The monoisotopic (exact) mass is 384 g/mol. The maximum atomic E-state index is 13.0. The molecule has 0 aliphatic carbocycles. The van der Waals surface area contributed by atoms with Crippen LogP contribution in [-0.4, -0.2) is 39.9 Å². The predicted octanol–water partition coefficient (Wildman–Crippen LogP) is 3.97. The van der Waals surface area contributed by atoms with Crippen molar-refractivity contribution < 1.29 is 9.53 Å². The van der Waals surface area contributed by atoms with Crippen molar-refractivity contribution in [2.24, 2.45) is 0 Å². The highest BCUT2D eigenvalue weighted by Gasteiger charge is 2.14. The summed E-state index contributed by atoms with van der Waals surface area (Å²) in [5.41, 5.74) is 3.25. The Balaban J connectivity index is 1.55. The minimum Gasteiger partial charge on any atom is -0.481 e. The third-order valence-electron chi connectivity index (χ3n) is 4.62. The zero-order valence-electron chi connectivity index (χ0n) is 16.2. The van der Waals surface area contributed by atoms with E-state index in [0.29, 0.717) is 23.8 Å². The Morgan fingerprint density at radius 3 is 2.76 bits per heavy atom. The summed E-state index contributed by atoms with van der Waals surface area (Å²) in [6.07, 6.45) is 3.45. The lowest BCUT2D eigenvalue weighted by molar-refractivity contribution is 0.0785. The van der Waals surface area contributed by atoms with E-state index in [1.165, 1.54) is 0 Å². The summed E-state index contributed by atoms with van der Waals surface area (Å²) in [5.74, 6) is 0.913. The first-order valence-corrected chi connectivity index (χ1v) is 9.20. The summed E-state index contributed by atoms with van der Waals surface area (Å²) in [5, 5.41) is 1.06. The number of rotatable bonds is 5. The fraction of sp³-hybridized carbons (Fsp3) is 0.130. The van der Waals surface area contributed by atoms with Crippen LogP contribution in [0.2, 0.25) is 0 Å². The number of hydrogen-bond donors (Lipinski definition) is 0. The van der Waals surface area contributed by atoms with Gasteiger partial charge in [0.15, 0.2) is 5.82 Å². The van der Waals surface area contributed by atoms with E-state index >= 15 is 0 Å². The molecule has 2 aromatic carbocycles. The summed E-state index contributed by atoms with van der Waals surface area (Å²) < 4.78 is 5.16. The van der Waals surface area contributed by atoms with E-state index in [1.54, 1.807) is 43.5 Å². The highest BCUT2D eigenvalue weighted by Crippen LogP contribution is 2.20. The van der Waals surface area contributed by atoms with Gasteiger partial charge in [0.2, 0.25) is 5.88 Å². The molecule has 6 nitrogen and oxygen atoms in total. The molecule has 0 atom stereocenters. The number of para-hydroxylation sites is 1. The van der Waals surface area contributed by atoms with E-state index in [4.69, 9.17) is 4.74 Å². The molecule has 2 aromatic heterocycles. The SMILES string of the molecule is COc1ccnc(-c2cccc(C(=O)N(C)Cc3cnc4ccccc4c3)c2)n1. The van der Waals surface area contributed by atoms with Gasteiger partial charge in [0.05, 0.1) is 12.6 Å². The number of carbonyl (C=O) groups excluding carboxylic acids is 1. The molecule has 0 bridgehead atoms. The van der Waals surface area contributed by atoms with E-state index < -0.39 is 0 Å². The number of benzene rings is 2. The molecular weight excluding hydrogens is 364 g/mol. The topological polar surface area (TPSA) is 68.2 Å². The molecule has 0 saturated heterocycles. The van der Waals surface area contributed by atoms with Crippen LogP contribution in [0.1, 0.15) is 15.9 Å². The molecule has 0 unspecified atom stereocenters. The van der Waals surface area contributed by atoms with Gasteiger partial charge in [0.1, 0.15) is 0 Å². The van der Waals surface area contributed by atoms with Crippen LogP contribution in [0.25, 0.3) is 22.3 Å². The molecule has 29 heavy (non-hydrogen) atoms. The first-order valence-electron chi connectivity index (χ1n) is 9.20. The van der Waals surface area contributed by atoms with E-state index in [1.807, 2.05) is 42.6 Å². The van der Waals surface area contributed by atoms with Gasteiger partial charge in [-0.1, -0.05) is 30.3 Å². The molecule has 0 spiro atoms. The Kier molecular flexibility index (Phi) is 5.16. The Hall–Kier alpha value is -3.80. The number of aromatic nitrogens is 3. The molecule has 0 aliphatic heterocycles. The van der Waals surface area contributed by atoms with Gasteiger partial charge >= 0.3 is 0 Å². The molecule has 144 valence electrons. The zero-order chi connectivity index (χ0) is 20.2. The minimum atomic E-state index is -0.0806. The minimum absolute atomic E-state index is 0.0806. The normalized spacial score (nSPS) is 10.7. The van der Waals surface area contributed by atoms with Crippen molar-refractivity contribution in [1.82, 2.24) is 19.9 Å². The Bertz CT molecular complexity index is 1180. The van der Waals surface area contributed by atoms with Gasteiger partial charge in [-0.2, -0.15) is 4.98 Å². The molecule has 1 amide bonds. The van der Waals surface area contributed by atoms with Crippen LogP contribution in [0, 0.1) is 0 Å². The lowest BCUT2D eigenvalue weighted by atomic mass is 10.1. The van der Waals surface area contributed by atoms with Crippen LogP contribution in [0.3, 0.4) is 0 Å². The third-order valence-corrected chi connectivity index (χ3v) is 4.62. The van der Waals surface area contributed by atoms with Crippen molar-refractivity contribution in [1.29, 1.82) is 0 Å². The molecule has 2 heterocycles. The molecule has 0 radical (unpaired) electrons. The van der Waals surface area contributed by atoms with E-state index in [0.717, 1.165) is 22.0 Å². The lowest BCUT2D eigenvalue weighted by Gasteiger charge is -2.18. The zero-order valence-corrected chi connectivity index (χ0v) is 16.2. The maximum absolute atomic E-state index is 13.0. The summed E-state index contributed by atoms with van der Waals surface area (Å²) >= 11 is 0. The standard InChI is InChI=1S/C23H20N4O2/c1-27(15-16-12-17-6-3-4-9-20(17)25-14-16)23(28)19-8-5-7-18(13-19)22-24-11-10-21(26-22)29-2/h3-14H,15H2,1-2H3. The van der Waals surface area contributed by atoms with E-state index in [-0.39, 0.29) is 5.91 Å². The van der Waals surface area contributed by atoms with Crippen LogP contribution < -0.4 is 4.74 Å². The Morgan fingerprint density at radius 1 is 1.03 bits per heavy atom. The summed E-state index contributed by atoms with van der Waals surface area (Å²) in [4.78, 5) is 27.7. The Morgan fingerprint density at radius 2 is 1.90 bits per heavy atom. The molecule has 6 heteroatoms. The molecular formula is C23H20N4O2. The van der Waals surface area contributed by atoms with Gasteiger partial charge in [-0.05, 0) is 29.8 Å². The highest BCUT2D eigenvalue weighted by molar-refractivity contribution is 5.95. The molecule has 0 fully saturated rings. The molecule has 4 aromatic rings. The lowest BCUT2D eigenvalue weighted by Crippen LogP contribution is -2.26. The van der Waals surface area contributed by atoms with Crippen LogP contribution in [0.15, 0.2) is 73.1 Å². The van der Waals surface area contributed by atoms with Crippen molar-refractivity contribution in [3.05, 3.63) is 84.2 Å². The van der Waals surface area contributed by atoms with Crippen molar-refractivity contribution in [2.45, 2.75) is 6.54 Å². The summed E-state index contributed by atoms with van der Waals surface area (Å²) in [6, 6.07) is 19.0. The fourth-order valence-electron chi connectivity index (χ4n) is 3.16. The summed E-state index contributed by atoms with van der Waals surface area (Å²) in [7, 11) is 3.34. The van der Waals surface area contributed by atoms with E-state index in [9.17, 15) is 4.79 Å². The molecule has 0 saturated carbocycles. The number of carbonyl (C=O) groups is 1. The number of nitrogens with zero attached hydrogens (tertiary/aromatic N) is 4. The number of amides is 1. The Labute approximate surface area is 168 Å². The van der Waals surface area contributed by atoms with Crippen LogP contribution in [0.5, 0.6) is 5.88 Å². The second kappa shape index (κ2) is 8.06. The number of fused-ring (bicyclic) bond motifs is 1. The van der Waals surface area contributed by atoms with Crippen molar-refractivity contribution >= 4 is 16.8 Å². The number of methoxy groups -OCH3 is 1. The van der Waals surface area contributed by atoms with Crippen LogP contribution >= 0.6 is 0 Å². The largest absolute Gasteiger partial charge is 0.481 e. The van der Waals surface area contributed by atoms with Crippen molar-refractivity contribution in [2.75, 3.05) is 14.2 Å². The fourth-order valence-corrected chi connectivity index (χ4v) is 3.16. The van der Waals surface area contributed by atoms with Gasteiger partial charge in [0, 0.05) is 48.6 Å². The van der Waals surface area contributed by atoms with Crippen LogP contribution in [-0.2, 0) is 6.54 Å². The number of ether oxygens (including phenoxy) is 1. The van der Waals surface area contributed by atoms with Crippen LogP contribution in [0.4, 0.5) is 0 Å². The summed E-state index contributed by atoms with van der Waals surface area (Å²) in [6.45, 7) is 0.469. The maximum Gasteiger partial charge on any atom is 0.253 e. The third kappa shape index (κ3) is 4.06. The van der Waals surface area contributed by atoms with E-state index in [2.05, 4.69) is 21.0 Å². The first-order chi connectivity index (χ1) is 14.1. The second-order valence-corrected chi connectivity index (χ2v) is 6.70. The molecule has 4 rings (SSSR count).